The van der Waals surface area contributed by atoms with Crippen LogP contribution in [-0.4, -0.2) is 4.92 Å². The molecular weight excluding hydrogens is 432 g/mol. The van der Waals surface area contributed by atoms with Gasteiger partial charge >= 0.3 is 6.04 Å². The van der Waals surface area contributed by atoms with Gasteiger partial charge in [-0.15, -0.1) is 0 Å². The highest BCUT2D eigenvalue weighted by Gasteiger charge is 2.24. The maximum Gasteiger partial charge on any atom is 0.319 e. The van der Waals surface area contributed by atoms with Crippen molar-refractivity contribution < 1.29 is 4.92 Å². The van der Waals surface area contributed by atoms with Gasteiger partial charge in [0, 0.05) is 29.1 Å². The zero-order chi connectivity index (χ0) is 25.0. The van der Waals surface area contributed by atoms with Gasteiger partial charge in [0.15, 0.2) is 0 Å². The Morgan fingerprint density at radius 1 is 0.714 bits per heavy atom. The summed E-state index contributed by atoms with van der Waals surface area (Å²) in [5.74, 6) is 0. The first-order valence-corrected chi connectivity index (χ1v) is 13.9. The second-order valence-corrected chi connectivity index (χ2v) is 9.77. The third kappa shape index (κ3) is 13.9. The predicted octanol–water partition coefficient (Wildman–Crippen LogP) is 9.67. The van der Waals surface area contributed by atoms with E-state index in [0.717, 1.165) is 24.8 Å². The quantitative estimate of drug-likeness (QED) is 0.110. The van der Waals surface area contributed by atoms with Crippen LogP contribution in [0.4, 0.5) is 5.69 Å². The molecule has 0 fully saturated rings. The molecule has 2 radical (unpaired) electrons. The molecule has 192 valence electrons. The van der Waals surface area contributed by atoms with E-state index >= 15 is 0 Å². The van der Waals surface area contributed by atoms with Gasteiger partial charge in [-0.1, -0.05) is 131 Å². The van der Waals surface area contributed by atoms with Crippen LogP contribution in [0.1, 0.15) is 114 Å². The molecule has 0 saturated heterocycles. The van der Waals surface area contributed by atoms with E-state index in [4.69, 9.17) is 0 Å². The Morgan fingerprint density at radius 2 is 1.20 bits per heavy atom. The lowest BCUT2D eigenvalue weighted by molar-refractivity contribution is -0.460. The standard InChI is InChI=1S/C31H46N2O2/c1-28-23-25-30(26-24-28)32-27-19-14-12-10-8-6-4-2-3-5-7-9-11-13-18-22-31(33(34)35)29-20-16-15-17-21-29/h15-17,20-21,23-27,32H,2-14,18-19,22H2,1H3. The summed E-state index contributed by atoms with van der Waals surface area (Å²) in [6, 6.07) is 18.2. The second kappa shape index (κ2) is 18.9. The highest BCUT2D eigenvalue weighted by atomic mass is 16.6. The Labute approximate surface area is 214 Å². The third-order valence-electron chi connectivity index (χ3n) is 6.66. The van der Waals surface area contributed by atoms with Crippen LogP contribution in [0.5, 0.6) is 0 Å². The monoisotopic (exact) mass is 478 g/mol. The molecule has 0 unspecified atom stereocenters. The maximum absolute atomic E-state index is 11.3. The third-order valence-corrected chi connectivity index (χ3v) is 6.66. The molecule has 0 aliphatic heterocycles. The van der Waals surface area contributed by atoms with E-state index in [9.17, 15) is 10.1 Å². The fourth-order valence-corrected chi connectivity index (χ4v) is 4.47. The van der Waals surface area contributed by atoms with E-state index in [1.54, 1.807) is 0 Å². The first-order valence-electron chi connectivity index (χ1n) is 13.9. The number of hydrogen-bond donors (Lipinski definition) is 1. The minimum Gasteiger partial charge on any atom is -0.380 e. The van der Waals surface area contributed by atoms with Crippen molar-refractivity contribution in [2.45, 2.75) is 110 Å². The predicted molar refractivity (Wildman–Crippen MR) is 149 cm³/mol. The summed E-state index contributed by atoms with van der Waals surface area (Å²) in [5, 5.41) is 14.7. The SMILES string of the molecule is Cc1ccc(N[CH]CCCCCCCCCCCCCCCC[C](c2ccccc2)[N+](=O)[O-])cc1. The molecule has 0 atom stereocenters. The zero-order valence-electron chi connectivity index (χ0n) is 21.9. The summed E-state index contributed by atoms with van der Waals surface area (Å²) in [5.41, 5.74) is 3.23. The average molecular weight is 479 g/mol. The van der Waals surface area contributed by atoms with Crippen molar-refractivity contribution in [2.24, 2.45) is 0 Å². The highest BCUT2D eigenvalue weighted by Crippen LogP contribution is 2.22. The first kappa shape index (κ1) is 28.9. The van der Waals surface area contributed by atoms with Crippen molar-refractivity contribution in [1.29, 1.82) is 0 Å². The van der Waals surface area contributed by atoms with Crippen molar-refractivity contribution in [1.82, 2.24) is 0 Å². The molecular formula is C31H46N2O2. The van der Waals surface area contributed by atoms with E-state index in [2.05, 4.69) is 43.1 Å². The van der Waals surface area contributed by atoms with Crippen LogP contribution in [0.15, 0.2) is 54.6 Å². The van der Waals surface area contributed by atoms with Crippen molar-refractivity contribution in [3.63, 3.8) is 0 Å². The lowest BCUT2D eigenvalue weighted by Crippen LogP contribution is -2.11. The van der Waals surface area contributed by atoms with Crippen LogP contribution in [0, 0.1) is 29.6 Å². The molecule has 0 aromatic heterocycles. The van der Waals surface area contributed by atoms with Crippen LogP contribution in [0.3, 0.4) is 0 Å². The number of nitro groups is 1. The van der Waals surface area contributed by atoms with Gasteiger partial charge < -0.3 is 5.32 Å². The lowest BCUT2D eigenvalue weighted by atomic mass is 10.00. The molecule has 4 heteroatoms. The number of hydrogen-bond acceptors (Lipinski definition) is 3. The number of benzene rings is 2. The Morgan fingerprint density at radius 3 is 1.71 bits per heavy atom. The van der Waals surface area contributed by atoms with Crippen molar-refractivity contribution >= 4 is 5.69 Å². The van der Waals surface area contributed by atoms with Crippen LogP contribution in [0.25, 0.3) is 0 Å². The van der Waals surface area contributed by atoms with Crippen LogP contribution < -0.4 is 5.32 Å². The molecule has 0 amide bonds. The van der Waals surface area contributed by atoms with E-state index < -0.39 is 0 Å². The van der Waals surface area contributed by atoms with E-state index in [1.807, 2.05) is 30.3 Å². The molecule has 35 heavy (non-hydrogen) atoms. The molecule has 0 aliphatic carbocycles. The number of anilines is 1. The molecule has 0 saturated carbocycles. The molecule has 0 spiro atoms. The smallest absolute Gasteiger partial charge is 0.319 e. The highest BCUT2D eigenvalue weighted by molar-refractivity contribution is 5.45. The Hall–Kier alpha value is -2.36. The topological polar surface area (TPSA) is 55.2 Å². The Balaban J connectivity index is 1.30. The van der Waals surface area contributed by atoms with Gasteiger partial charge in [0.1, 0.15) is 0 Å². The average Bonchev–Trinajstić information content (AvgIpc) is 2.87. The molecule has 0 aliphatic rings. The number of unbranched alkanes of at least 4 members (excludes halogenated alkanes) is 14. The molecule has 4 nitrogen and oxygen atoms in total. The van der Waals surface area contributed by atoms with E-state index in [-0.39, 0.29) is 4.92 Å². The van der Waals surface area contributed by atoms with E-state index in [0.29, 0.717) is 12.5 Å². The second-order valence-electron chi connectivity index (χ2n) is 9.77. The number of nitrogens with zero attached hydrogens (tertiary/aromatic N) is 1. The maximum atomic E-state index is 11.3. The molecule has 2 aromatic carbocycles. The minimum atomic E-state index is -0.209. The molecule has 0 heterocycles. The van der Waals surface area contributed by atoms with Crippen molar-refractivity contribution in [3.8, 4) is 0 Å². The zero-order valence-corrected chi connectivity index (χ0v) is 21.9. The van der Waals surface area contributed by atoms with Gasteiger partial charge in [-0.05, 0) is 31.9 Å². The summed E-state index contributed by atoms with van der Waals surface area (Å²) >= 11 is 0. The van der Waals surface area contributed by atoms with Gasteiger partial charge in [-0.3, -0.25) is 10.1 Å². The summed E-state index contributed by atoms with van der Waals surface area (Å²) in [7, 11) is 0. The normalized spacial score (nSPS) is 11.1. The van der Waals surface area contributed by atoms with Gasteiger partial charge in [0.2, 0.25) is 0 Å². The van der Waals surface area contributed by atoms with Crippen molar-refractivity contribution in [3.05, 3.63) is 88.4 Å². The van der Waals surface area contributed by atoms with Crippen LogP contribution in [-0.2, 0) is 0 Å². The number of nitrogens with one attached hydrogen (secondary N) is 1. The number of aryl methyl sites for hydroxylation is 1. The lowest BCUT2D eigenvalue weighted by Gasteiger charge is -2.07. The largest absolute Gasteiger partial charge is 0.380 e. The summed E-state index contributed by atoms with van der Waals surface area (Å²) in [6.45, 7) is 4.31. The number of rotatable bonds is 21. The minimum absolute atomic E-state index is 0.209. The summed E-state index contributed by atoms with van der Waals surface area (Å²) in [4.78, 5) is 11.1. The first-order chi connectivity index (χ1) is 17.2. The Bertz CT molecular complexity index is 776. The van der Waals surface area contributed by atoms with Gasteiger partial charge in [0.05, 0.1) is 0 Å². The summed E-state index contributed by atoms with van der Waals surface area (Å²) in [6.07, 6.45) is 19.6. The molecule has 1 N–H and O–H groups in total. The van der Waals surface area contributed by atoms with E-state index in [1.165, 1.54) is 88.3 Å². The van der Waals surface area contributed by atoms with Gasteiger partial charge in [0.25, 0.3) is 0 Å². The van der Waals surface area contributed by atoms with Crippen LogP contribution >= 0.6 is 0 Å². The summed E-state index contributed by atoms with van der Waals surface area (Å²) < 4.78 is 0. The molecule has 2 aromatic rings. The molecule has 2 rings (SSSR count). The van der Waals surface area contributed by atoms with Gasteiger partial charge in [-0.25, -0.2) is 0 Å². The van der Waals surface area contributed by atoms with Crippen LogP contribution in [0.2, 0.25) is 0 Å². The fourth-order valence-electron chi connectivity index (χ4n) is 4.47. The Kier molecular flexibility index (Phi) is 15.6. The van der Waals surface area contributed by atoms with Gasteiger partial charge in [-0.2, -0.15) is 0 Å². The van der Waals surface area contributed by atoms with Crippen molar-refractivity contribution in [2.75, 3.05) is 5.32 Å². The molecule has 0 bridgehead atoms. The fraction of sp³-hybridized carbons (Fsp3) is 0.548.